The van der Waals surface area contributed by atoms with E-state index in [9.17, 15) is 9.59 Å². The van der Waals surface area contributed by atoms with Gasteiger partial charge in [-0.3, -0.25) is 4.79 Å². The number of carbonyl (C=O) groups excluding carboxylic acids is 2. The number of carbonyl (C=O) groups is 2. The van der Waals surface area contributed by atoms with Gasteiger partial charge in [0.2, 0.25) is 0 Å². The molecule has 1 saturated carbocycles. The Balaban J connectivity index is 2.06. The number of nitrogens with two attached hydrogens (primary N) is 1. The summed E-state index contributed by atoms with van der Waals surface area (Å²) in [6.07, 6.45) is 2.37. The molecule has 1 fully saturated rings. The van der Waals surface area contributed by atoms with E-state index in [1.54, 1.807) is 6.07 Å². The zero-order valence-corrected chi connectivity index (χ0v) is 10.2. The van der Waals surface area contributed by atoms with Gasteiger partial charge in [0.1, 0.15) is 0 Å². The van der Waals surface area contributed by atoms with Crippen molar-refractivity contribution in [2.45, 2.75) is 12.8 Å². The van der Waals surface area contributed by atoms with Crippen molar-refractivity contribution in [1.82, 2.24) is 5.32 Å². The Kier molecular flexibility index (Phi) is 3.50. The molecule has 1 amide bonds. The van der Waals surface area contributed by atoms with Crippen LogP contribution in [0.3, 0.4) is 0 Å². The van der Waals surface area contributed by atoms with Crippen LogP contribution in [0, 0.1) is 5.92 Å². The molecule has 5 nitrogen and oxygen atoms in total. The van der Waals surface area contributed by atoms with Gasteiger partial charge < -0.3 is 15.8 Å². The number of nitrogens with one attached hydrogen (secondary N) is 1. The minimum absolute atomic E-state index is 0.162. The van der Waals surface area contributed by atoms with Crippen LogP contribution in [-0.2, 0) is 4.74 Å². The van der Waals surface area contributed by atoms with Crippen molar-refractivity contribution in [2.24, 2.45) is 5.92 Å². The molecule has 1 aromatic rings. The average Bonchev–Trinajstić information content (AvgIpc) is 3.19. The predicted octanol–water partition coefficient (Wildman–Crippen LogP) is 1.20. The van der Waals surface area contributed by atoms with E-state index in [1.807, 2.05) is 0 Å². The van der Waals surface area contributed by atoms with Gasteiger partial charge in [0, 0.05) is 17.8 Å². The van der Waals surface area contributed by atoms with Crippen molar-refractivity contribution in [2.75, 3.05) is 19.4 Å². The van der Waals surface area contributed by atoms with Gasteiger partial charge >= 0.3 is 5.97 Å². The zero-order valence-electron chi connectivity index (χ0n) is 10.2. The first-order valence-corrected chi connectivity index (χ1v) is 5.88. The molecule has 3 N–H and O–H groups in total. The van der Waals surface area contributed by atoms with E-state index in [0.29, 0.717) is 18.0 Å². The number of rotatable bonds is 4. The van der Waals surface area contributed by atoms with Crippen LogP contribution in [0.5, 0.6) is 0 Å². The highest BCUT2D eigenvalue weighted by Gasteiger charge is 2.22. The Bertz CT molecular complexity index is 481. The Labute approximate surface area is 105 Å². The molecule has 96 valence electrons. The van der Waals surface area contributed by atoms with Gasteiger partial charge in [-0.25, -0.2) is 4.79 Å². The number of benzene rings is 1. The lowest BCUT2D eigenvalue weighted by Crippen LogP contribution is -2.25. The molecule has 0 aromatic heterocycles. The molecule has 5 heteroatoms. The Morgan fingerprint density at radius 1 is 1.44 bits per heavy atom. The topological polar surface area (TPSA) is 81.4 Å². The van der Waals surface area contributed by atoms with Gasteiger partial charge in [0.25, 0.3) is 5.91 Å². The van der Waals surface area contributed by atoms with Crippen molar-refractivity contribution in [1.29, 1.82) is 0 Å². The zero-order chi connectivity index (χ0) is 13.1. The van der Waals surface area contributed by atoms with E-state index >= 15 is 0 Å². The molecule has 1 aromatic carbocycles. The van der Waals surface area contributed by atoms with E-state index in [0.717, 1.165) is 0 Å². The molecular weight excluding hydrogens is 232 g/mol. The monoisotopic (exact) mass is 248 g/mol. The highest BCUT2D eigenvalue weighted by Crippen LogP contribution is 2.27. The summed E-state index contributed by atoms with van der Waals surface area (Å²) in [5.41, 5.74) is 6.71. The first-order chi connectivity index (χ1) is 8.61. The number of methoxy groups -OCH3 is 1. The number of ether oxygens (including phenoxy) is 1. The Morgan fingerprint density at radius 2 is 2.17 bits per heavy atom. The van der Waals surface area contributed by atoms with Crippen molar-refractivity contribution < 1.29 is 14.3 Å². The molecule has 1 aliphatic rings. The van der Waals surface area contributed by atoms with Crippen molar-refractivity contribution >= 4 is 17.6 Å². The molecule has 0 bridgehead atoms. The second-order valence-corrected chi connectivity index (χ2v) is 4.45. The van der Waals surface area contributed by atoms with E-state index in [2.05, 4.69) is 10.1 Å². The maximum atomic E-state index is 11.8. The number of hydrogen-bond donors (Lipinski definition) is 2. The molecule has 0 saturated heterocycles. The lowest BCUT2D eigenvalue weighted by atomic mass is 10.1. The SMILES string of the molecule is COC(=O)c1ccc(C(=O)NCC2CC2)cc1N. The minimum atomic E-state index is -0.502. The summed E-state index contributed by atoms with van der Waals surface area (Å²) in [5.74, 6) is -0.0388. The maximum Gasteiger partial charge on any atom is 0.339 e. The van der Waals surface area contributed by atoms with Crippen LogP contribution in [0.2, 0.25) is 0 Å². The highest BCUT2D eigenvalue weighted by atomic mass is 16.5. The summed E-state index contributed by atoms with van der Waals surface area (Å²) in [7, 11) is 1.29. The molecule has 18 heavy (non-hydrogen) atoms. The number of nitrogen functional groups attached to an aromatic ring is 1. The lowest BCUT2D eigenvalue weighted by Gasteiger charge is -2.07. The number of amides is 1. The first-order valence-electron chi connectivity index (χ1n) is 5.88. The molecular formula is C13H16N2O3. The standard InChI is InChI=1S/C13H16N2O3/c1-18-13(17)10-5-4-9(6-11(10)14)12(16)15-7-8-2-3-8/h4-6,8H,2-3,7,14H2,1H3,(H,15,16). The van der Waals surface area contributed by atoms with Crippen LogP contribution >= 0.6 is 0 Å². The fraction of sp³-hybridized carbons (Fsp3) is 0.385. The van der Waals surface area contributed by atoms with Crippen LogP contribution in [0.4, 0.5) is 5.69 Å². The smallest absolute Gasteiger partial charge is 0.339 e. The largest absolute Gasteiger partial charge is 0.465 e. The molecule has 0 heterocycles. The molecule has 2 rings (SSSR count). The van der Waals surface area contributed by atoms with Crippen LogP contribution in [0.15, 0.2) is 18.2 Å². The normalized spacial score (nSPS) is 14.1. The number of anilines is 1. The lowest BCUT2D eigenvalue weighted by molar-refractivity contribution is 0.0601. The van der Waals surface area contributed by atoms with E-state index in [4.69, 9.17) is 5.73 Å². The highest BCUT2D eigenvalue weighted by molar-refractivity contribution is 5.99. The van der Waals surface area contributed by atoms with Crippen LogP contribution in [0.1, 0.15) is 33.6 Å². The summed E-state index contributed by atoms with van der Waals surface area (Å²) in [6.45, 7) is 0.706. The van der Waals surface area contributed by atoms with Crippen molar-refractivity contribution in [3.8, 4) is 0 Å². The van der Waals surface area contributed by atoms with Crippen LogP contribution < -0.4 is 11.1 Å². The average molecular weight is 248 g/mol. The second kappa shape index (κ2) is 5.08. The summed E-state index contributed by atoms with van der Waals surface area (Å²) in [4.78, 5) is 23.1. The maximum absolute atomic E-state index is 11.8. The van der Waals surface area contributed by atoms with Crippen LogP contribution in [-0.4, -0.2) is 25.5 Å². The number of esters is 1. The molecule has 0 radical (unpaired) electrons. The summed E-state index contributed by atoms with van der Waals surface area (Å²) in [6, 6.07) is 4.58. The van der Waals surface area contributed by atoms with Gasteiger partial charge in [-0.1, -0.05) is 0 Å². The third-order valence-corrected chi connectivity index (χ3v) is 2.97. The molecule has 1 aliphatic carbocycles. The van der Waals surface area contributed by atoms with E-state index in [-0.39, 0.29) is 17.2 Å². The van der Waals surface area contributed by atoms with Crippen molar-refractivity contribution in [3.05, 3.63) is 29.3 Å². The summed E-state index contributed by atoms with van der Waals surface area (Å²) >= 11 is 0. The van der Waals surface area contributed by atoms with Crippen molar-refractivity contribution in [3.63, 3.8) is 0 Å². The van der Waals surface area contributed by atoms with Gasteiger partial charge in [-0.05, 0) is 37.0 Å². The fourth-order valence-corrected chi connectivity index (χ4v) is 1.66. The fourth-order valence-electron chi connectivity index (χ4n) is 1.66. The molecule has 0 unspecified atom stereocenters. The second-order valence-electron chi connectivity index (χ2n) is 4.45. The predicted molar refractivity (Wildman–Crippen MR) is 67.3 cm³/mol. The molecule has 0 atom stereocenters. The first kappa shape index (κ1) is 12.4. The van der Waals surface area contributed by atoms with Gasteiger partial charge in [-0.2, -0.15) is 0 Å². The Morgan fingerprint density at radius 3 is 2.72 bits per heavy atom. The third-order valence-electron chi connectivity index (χ3n) is 2.97. The quantitative estimate of drug-likeness (QED) is 0.619. The third kappa shape index (κ3) is 2.80. The number of hydrogen-bond acceptors (Lipinski definition) is 4. The van der Waals surface area contributed by atoms with E-state index < -0.39 is 5.97 Å². The molecule has 0 spiro atoms. The van der Waals surface area contributed by atoms with Gasteiger partial charge in [0.05, 0.1) is 12.7 Å². The van der Waals surface area contributed by atoms with E-state index in [1.165, 1.54) is 32.1 Å². The summed E-state index contributed by atoms with van der Waals surface area (Å²) in [5, 5.41) is 2.84. The summed E-state index contributed by atoms with van der Waals surface area (Å²) < 4.78 is 4.59. The minimum Gasteiger partial charge on any atom is -0.465 e. The van der Waals surface area contributed by atoms with Crippen LogP contribution in [0.25, 0.3) is 0 Å². The Hall–Kier alpha value is -2.04. The van der Waals surface area contributed by atoms with Gasteiger partial charge in [0.15, 0.2) is 0 Å². The molecule has 0 aliphatic heterocycles. The van der Waals surface area contributed by atoms with Gasteiger partial charge in [-0.15, -0.1) is 0 Å².